The minimum Gasteiger partial charge on any atom is -0.399 e. The summed E-state index contributed by atoms with van der Waals surface area (Å²) in [7, 11) is 0. The third-order valence-corrected chi connectivity index (χ3v) is 2.78. The second-order valence-electron chi connectivity index (χ2n) is 3.93. The Labute approximate surface area is 115 Å². The molecule has 0 aliphatic heterocycles. The van der Waals surface area contributed by atoms with Crippen LogP contribution in [-0.4, -0.2) is 15.7 Å². The van der Waals surface area contributed by atoms with Crippen LogP contribution in [0, 0.1) is 0 Å². The summed E-state index contributed by atoms with van der Waals surface area (Å²) in [5, 5.41) is 3.52. The number of hydrogen-bond acceptors (Lipinski definition) is 3. The number of nitrogens with two attached hydrogens (primary N) is 2. The molecule has 0 atom stereocenters. The van der Waals surface area contributed by atoms with Gasteiger partial charge in [-0.05, 0) is 12.1 Å². The molecule has 1 amide bonds. The number of carbonyl (C=O) groups is 1. The Morgan fingerprint density at radius 1 is 1.35 bits per heavy atom. The SMILES string of the molecule is NC(=O)c1cc(N)cc(Cl)c1-n1cc(C(F)(F)F)cn1. The van der Waals surface area contributed by atoms with E-state index in [-0.39, 0.29) is 22.0 Å². The molecule has 0 unspecified atom stereocenters. The first-order valence-electron chi connectivity index (χ1n) is 5.21. The molecule has 0 aliphatic carbocycles. The summed E-state index contributed by atoms with van der Waals surface area (Å²) in [6.45, 7) is 0. The van der Waals surface area contributed by atoms with E-state index in [1.165, 1.54) is 12.1 Å². The number of alkyl halides is 3. The van der Waals surface area contributed by atoms with Gasteiger partial charge in [-0.25, -0.2) is 4.68 Å². The molecule has 1 heterocycles. The van der Waals surface area contributed by atoms with Crippen molar-refractivity contribution in [2.75, 3.05) is 5.73 Å². The molecule has 0 radical (unpaired) electrons. The Bertz CT molecular complexity index is 681. The molecular weight excluding hydrogens is 297 g/mol. The lowest BCUT2D eigenvalue weighted by Crippen LogP contribution is -2.16. The maximum Gasteiger partial charge on any atom is 0.419 e. The average Bonchev–Trinajstić information content (AvgIpc) is 2.76. The van der Waals surface area contributed by atoms with Crippen molar-refractivity contribution in [3.8, 4) is 5.69 Å². The molecule has 1 aromatic heterocycles. The Balaban J connectivity index is 2.63. The first-order valence-corrected chi connectivity index (χ1v) is 5.59. The van der Waals surface area contributed by atoms with Gasteiger partial charge in [0.15, 0.2) is 0 Å². The van der Waals surface area contributed by atoms with E-state index in [4.69, 9.17) is 23.1 Å². The normalized spacial score (nSPS) is 11.6. The summed E-state index contributed by atoms with van der Waals surface area (Å²) in [5.74, 6) is -0.877. The molecule has 4 N–H and O–H groups in total. The summed E-state index contributed by atoms with van der Waals surface area (Å²) >= 11 is 5.91. The molecule has 1 aromatic carbocycles. The fourth-order valence-corrected chi connectivity index (χ4v) is 1.95. The van der Waals surface area contributed by atoms with Gasteiger partial charge in [0.05, 0.1) is 28.0 Å². The van der Waals surface area contributed by atoms with Crippen LogP contribution in [0.3, 0.4) is 0 Å². The van der Waals surface area contributed by atoms with Gasteiger partial charge in [-0.15, -0.1) is 0 Å². The fourth-order valence-electron chi connectivity index (χ4n) is 1.63. The number of nitrogen functional groups attached to an aromatic ring is 1. The van der Waals surface area contributed by atoms with Gasteiger partial charge in [0.2, 0.25) is 0 Å². The van der Waals surface area contributed by atoms with E-state index in [0.29, 0.717) is 12.4 Å². The Hall–Kier alpha value is -2.22. The number of halogens is 4. The van der Waals surface area contributed by atoms with Gasteiger partial charge in [-0.2, -0.15) is 18.3 Å². The molecule has 0 bridgehead atoms. The maximum atomic E-state index is 12.5. The number of primary amides is 1. The molecule has 106 valence electrons. The standard InChI is InChI=1S/C11H8ClF3N4O/c12-8-2-6(16)1-7(10(17)20)9(8)19-4-5(3-18-19)11(13,14)15/h1-4H,16H2,(H2,17,20). The highest BCUT2D eigenvalue weighted by Gasteiger charge is 2.32. The highest BCUT2D eigenvalue weighted by molar-refractivity contribution is 6.33. The van der Waals surface area contributed by atoms with Crippen LogP contribution in [0.25, 0.3) is 5.69 Å². The zero-order valence-electron chi connectivity index (χ0n) is 9.78. The van der Waals surface area contributed by atoms with E-state index in [1.54, 1.807) is 0 Å². The van der Waals surface area contributed by atoms with Crippen molar-refractivity contribution in [2.45, 2.75) is 6.18 Å². The van der Waals surface area contributed by atoms with Gasteiger partial charge >= 0.3 is 6.18 Å². The predicted molar refractivity (Wildman–Crippen MR) is 66.5 cm³/mol. The largest absolute Gasteiger partial charge is 0.419 e. The maximum absolute atomic E-state index is 12.5. The second-order valence-corrected chi connectivity index (χ2v) is 4.34. The zero-order chi connectivity index (χ0) is 15.1. The first-order chi connectivity index (χ1) is 9.20. The number of hydrogen-bond donors (Lipinski definition) is 2. The predicted octanol–water partition coefficient (Wildman–Crippen LogP) is 2.23. The second kappa shape index (κ2) is 4.71. The summed E-state index contributed by atoms with van der Waals surface area (Å²) in [4.78, 5) is 11.3. The number of amides is 1. The molecule has 20 heavy (non-hydrogen) atoms. The van der Waals surface area contributed by atoms with Crippen molar-refractivity contribution in [3.63, 3.8) is 0 Å². The lowest BCUT2D eigenvalue weighted by atomic mass is 10.1. The zero-order valence-corrected chi connectivity index (χ0v) is 10.5. The average molecular weight is 305 g/mol. The fraction of sp³-hybridized carbons (Fsp3) is 0.0909. The van der Waals surface area contributed by atoms with Gasteiger partial charge in [-0.1, -0.05) is 11.6 Å². The molecule has 0 fully saturated rings. The minimum atomic E-state index is -4.55. The van der Waals surface area contributed by atoms with Crippen LogP contribution in [0.4, 0.5) is 18.9 Å². The number of anilines is 1. The van der Waals surface area contributed by atoms with Crippen LogP contribution in [0.1, 0.15) is 15.9 Å². The highest BCUT2D eigenvalue weighted by Crippen LogP contribution is 2.32. The number of nitrogens with zero attached hydrogens (tertiary/aromatic N) is 2. The molecular formula is C11H8ClF3N4O. The Morgan fingerprint density at radius 2 is 2.00 bits per heavy atom. The molecule has 0 saturated heterocycles. The monoisotopic (exact) mass is 304 g/mol. The highest BCUT2D eigenvalue weighted by atomic mass is 35.5. The molecule has 0 spiro atoms. The smallest absolute Gasteiger partial charge is 0.399 e. The van der Waals surface area contributed by atoms with Crippen molar-refractivity contribution < 1.29 is 18.0 Å². The van der Waals surface area contributed by atoms with Crippen LogP contribution >= 0.6 is 11.6 Å². The van der Waals surface area contributed by atoms with Crippen molar-refractivity contribution >= 4 is 23.2 Å². The van der Waals surface area contributed by atoms with Gasteiger partial charge in [0, 0.05) is 11.9 Å². The van der Waals surface area contributed by atoms with Crippen molar-refractivity contribution in [1.82, 2.24) is 9.78 Å². The van der Waals surface area contributed by atoms with Crippen molar-refractivity contribution in [3.05, 3.63) is 40.7 Å². The molecule has 2 rings (SSSR count). The van der Waals surface area contributed by atoms with Gasteiger partial charge in [-0.3, -0.25) is 4.79 Å². The van der Waals surface area contributed by atoms with Crippen molar-refractivity contribution in [1.29, 1.82) is 0 Å². The van der Waals surface area contributed by atoms with E-state index in [9.17, 15) is 18.0 Å². The first kappa shape index (κ1) is 14.2. The van der Waals surface area contributed by atoms with Crippen LogP contribution < -0.4 is 11.5 Å². The van der Waals surface area contributed by atoms with E-state index in [1.807, 2.05) is 0 Å². The number of rotatable bonds is 2. The van der Waals surface area contributed by atoms with Gasteiger partial charge in [0.1, 0.15) is 0 Å². The molecule has 9 heteroatoms. The van der Waals surface area contributed by atoms with E-state index in [0.717, 1.165) is 4.68 Å². The van der Waals surface area contributed by atoms with Gasteiger partial charge in [0.25, 0.3) is 5.91 Å². The number of aromatic nitrogens is 2. The lowest BCUT2D eigenvalue weighted by Gasteiger charge is -2.10. The Morgan fingerprint density at radius 3 is 2.50 bits per heavy atom. The van der Waals surface area contributed by atoms with E-state index < -0.39 is 17.6 Å². The summed E-state index contributed by atoms with van der Waals surface area (Å²) in [6, 6.07) is 2.51. The summed E-state index contributed by atoms with van der Waals surface area (Å²) < 4.78 is 38.5. The molecule has 2 aromatic rings. The lowest BCUT2D eigenvalue weighted by molar-refractivity contribution is -0.137. The summed E-state index contributed by atoms with van der Waals surface area (Å²) in [5.41, 5.74) is 9.70. The minimum absolute atomic E-state index is 0.0318. The van der Waals surface area contributed by atoms with E-state index in [2.05, 4.69) is 5.10 Å². The molecule has 5 nitrogen and oxygen atoms in total. The molecule has 0 saturated carbocycles. The number of carbonyl (C=O) groups excluding carboxylic acids is 1. The van der Waals surface area contributed by atoms with Crippen LogP contribution in [0.2, 0.25) is 5.02 Å². The van der Waals surface area contributed by atoms with Crippen LogP contribution in [0.15, 0.2) is 24.5 Å². The Kier molecular flexibility index (Phi) is 3.34. The third kappa shape index (κ3) is 2.55. The summed E-state index contributed by atoms with van der Waals surface area (Å²) in [6.07, 6.45) is -3.22. The quantitative estimate of drug-likeness (QED) is 0.834. The van der Waals surface area contributed by atoms with Crippen LogP contribution in [-0.2, 0) is 6.18 Å². The number of benzene rings is 1. The topological polar surface area (TPSA) is 86.9 Å². The third-order valence-electron chi connectivity index (χ3n) is 2.49. The molecule has 0 aliphatic rings. The van der Waals surface area contributed by atoms with Crippen molar-refractivity contribution in [2.24, 2.45) is 5.73 Å². The van der Waals surface area contributed by atoms with E-state index >= 15 is 0 Å². The van der Waals surface area contributed by atoms with Crippen LogP contribution in [0.5, 0.6) is 0 Å². The van der Waals surface area contributed by atoms with Gasteiger partial charge < -0.3 is 11.5 Å².